The lowest BCUT2D eigenvalue weighted by molar-refractivity contribution is 0.0904. The zero-order chi connectivity index (χ0) is 8.40. The van der Waals surface area contributed by atoms with Gasteiger partial charge in [0, 0.05) is 11.6 Å². The van der Waals surface area contributed by atoms with Crippen LogP contribution in [0.5, 0.6) is 0 Å². The molecule has 2 heterocycles. The Hall–Kier alpha value is -0.0400. The van der Waals surface area contributed by atoms with E-state index in [4.69, 9.17) is 0 Å². The van der Waals surface area contributed by atoms with Crippen molar-refractivity contribution in [2.45, 2.75) is 57.5 Å². The van der Waals surface area contributed by atoms with Gasteiger partial charge in [0.2, 0.25) is 0 Å². The smallest absolute Gasteiger partial charge is 0.0190 e. The minimum Gasteiger partial charge on any atom is -0.294 e. The van der Waals surface area contributed by atoms with E-state index in [9.17, 15) is 0 Å². The van der Waals surface area contributed by atoms with Gasteiger partial charge in [0.25, 0.3) is 0 Å². The number of piperidine rings is 1. The van der Waals surface area contributed by atoms with Crippen molar-refractivity contribution >= 4 is 0 Å². The summed E-state index contributed by atoms with van der Waals surface area (Å²) in [6.45, 7) is 6.40. The van der Waals surface area contributed by atoms with Crippen LogP contribution < -0.4 is 0 Å². The molecule has 0 N–H and O–H groups in total. The van der Waals surface area contributed by atoms with Crippen LogP contribution in [0.4, 0.5) is 0 Å². The average Bonchev–Trinajstić information content (AvgIpc) is 2.58. The third-order valence-corrected chi connectivity index (χ3v) is 4.77. The predicted molar refractivity (Wildman–Crippen MR) is 50.1 cm³/mol. The van der Waals surface area contributed by atoms with Gasteiger partial charge in [-0.2, -0.15) is 0 Å². The lowest BCUT2D eigenvalue weighted by Gasteiger charge is -2.39. The Morgan fingerprint density at radius 3 is 2.83 bits per heavy atom. The van der Waals surface area contributed by atoms with Crippen LogP contribution in [0.3, 0.4) is 0 Å². The normalized spacial score (nSPS) is 58.0. The first-order valence-corrected chi connectivity index (χ1v) is 5.41. The molecule has 3 fully saturated rings. The summed E-state index contributed by atoms with van der Waals surface area (Å²) in [5.74, 6) is 0. The largest absolute Gasteiger partial charge is 0.294 e. The molecule has 2 bridgehead atoms. The van der Waals surface area contributed by atoms with E-state index in [1.54, 1.807) is 0 Å². The Bertz CT molecular complexity index is 203. The second-order valence-electron chi connectivity index (χ2n) is 5.68. The maximum absolute atomic E-state index is 2.82. The summed E-state index contributed by atoms with van der Waals surface area (Å²) in [4.78, 5) is 2.82. The molecule has 0 spiro atoms. The molecular formula is C11H19N. The van der Waals surface area contributed by atoms with Crippen LogP contribution in [0.2, 0.25) is 0 Å². The summed E-state index contributed by atoms with van der Waals surface area (Å²) in [7, 11) is 0. The van der Waals surface area contributed by atoms with E-state index in [2.05, 4.69) is 18.7 Å². The van der Waals surface area contributed by atoms with E-state index in [0.29, 0.717) is 11.0 Å². The summed E-state index contributed by atoms with van der Waals surface area (Å²) < 4.78 is 0. The zero-order valence-corrected chi connectivity index (χ0v) is 8.27. The van der Waals surface area contributed by atoms with Gasteiger partial charge in [-0.15, -0.1) is 0 Å². The Morgan fingerprint density at radius 1 is 1.25 bits per heavy atom. The Kier molecular flexibility index (Phi) is 1.16. The van der Waals surface area contributed by atoms with Crippen molar-refractivity contribution in [1.82, 2.24) is 4.90 Å². The van der Waals surface area contributed by atoms with Gasteiger partial charge < -0.3 is 0 Å². The lowest BCUT2D eigenvalue weighted by Crippen LogP contribution is -2.45. The minimum absolute atomic E-state index is 0.607. The average molecular weight is 165 g/mol. The van der Waals surface area contributed by atoms with E-state index in [-0.39, 0.29) is 0 Å². The topological polar surface area (TPSA) is 3.24 Å². The van der Waals surface area contributed by atoms with Crippen LogP contribution in [0.25, 0.3) is 0 Å². The molecule has 1 nitrogen and oxygen atoms in total. The highest BCUT2D eigenvalue weighted by Gasteiger charge is 2.60. The Morgan fingerprint density at radius 2 is 2.08 bits per heavy atom. The molecule has 0 aromatic carbocycles. The molecule has 1 heteroatoms. The first-order chi connectivity index (χ1) is 5.64. The summed E-state index contributed by atoms with van der Waals surface area (Å²) in [6.07, 6.45) is 7.36. The third kappa shape index (κ3) is 0.654. The van der Waals surface area contributed by atoms with Crippen LogP contribution in [-0.4, -0.2) is 23.0 Å². The Balaban J connectivity index is 2.03. The molecule has 0 radical (unpaired) electrons. The van der Waals surface area contributed by atoms with Crippen molar-refractivity contribution < 1.29 is 0 Å². The van der Waals surface area contributed by atoms with Gasteiger partial charge in [-0.1, -0.05) is 6.92 Å². The molecule has 0 aromatic heterocycles. The third-order valence-electron chi connectivity index (χ3n) is 4.77. The van der Waals surface area contributed by atoms with Gasteiger partial charge in [-0.05, 0) is 51.0 Å². The number of hydrogen-bond acceptors (Lipinski definition) is 1. The molecular weight excluding hydrogens is 146 g/mol. The quantitative estimate of drug-likeness (QED) is 0.533. The number of fused-ring (bicyclic) bond motifs is 5. The summed E-state index contributed by atoms with van der Waals surface area (Å²) >= 11 is 0. The molecule has 2 aliphatic heterocycles. The van der Waals surface area contributed by atoms with E-state index in [0.717, 1.165) is 6.04 Å². The Labute approximate surface area is 75.1 Å². The van der Waals surface area contributed by atoms with Gasteiger partial charge in [0.1, 0.15) is 0 Å². The molecule has 2 saturated heterocycles. The van der Waals surface area contributed by atoms with Crippen molar-refractivity contribution in [1.29, 1.82) is 0 Å². The summed E-state index contributed by atoms with van der Waals surface area (Å²) in [6, 6.07) is 0.955. The molecule has 3 aliphatic rings. The fraction of sp³-hybridized carbons (Fsp3) is 1.00. The van der Waals surface area contributed by atoms with Crippen LogP contribution in [0, 0.1) is 5.41 Å². The number of nitrogens with zero attached hydrogens (tertiary/aromatic N) is 1. The summed E-state index contributed by atoms with van der Waals surface area (Å²) in [5.41, 5.74) is 1.31. The second kappa shape index (κ2) is 1.89. The number of hydrogen-bond donors (Lipinski definition) is 0. The second-order valence-corrected chi connectivity index (χ2v) is 5.68. The van der Waals surface area contributed by atoms with E-state index >= 15 is 0 Å². The van der Waals surface area contributed by atoms with Gasteiger partial charge in [-0.25, -0.2) is 0 Å². The van der Waals surface area contributed by atoms with Crippen LogP contribution >= 0.6 is 0 Å². The molecule has 0 amide bonds. The predicted octanol–water partition coefficient (Wildman–Crippen LogP) is 2.41. The standard InChI is InChI=1S/C11H19N/c1-10-5-6-11(2,8-10)12-7-3-4-9(10)12/h9H,3-8H2,1-2H3. The van der Waals surface area contributed by atoms with Crippen LogP contribution in [0.1, 0.15) is 46.0 Å². The molecule has 1 aliphatic carbocycles. The molecule has 12 heavy (non-hydrogen) atoms. The maximum atomic E-state index is 2.82. The first kappa shape index (κ1) is 7.37. The molecule has 3 atom stereocenters. The van der Waals surface area contributed by atoms with Gasteiger partial charge >= 0.3 is 0 Å². The molecule has 1 saturated carbocycles. The van der Waals surface area contributed by atoms with Crippen molar-refractivity contribution in [3.05, 3.63) is 0 Å². The van der Waals surface area contributed by atoms with Crippen molar-refractivity contribution in [3.63, 3.8) is 0 Å². The SMILES string of the molecule is CC12CCC(C)(C1)N1CCCC12. The van der Waals surface area contributed by atoms with Crippen molar-refractivity contribution in [3.8, 4) is 0 Å². The molecule has 68 valence electrons. The summed E-state index contributed by atoms with van der Waals surface area (Å²) in [5, 5.41) is 0. The van der Waals surface area contributed by atoms with Crippen molar-refractivity contribution in [2.75, 3.05) is 6.54 Å². The first-order valence-electron chi connectivity index (χ1n) is 5.41. The molecule has 3 unspecified atom stereocenters. The fourth-order valence-electron chi connectivity index (χ4n) is 4.27. The minimum atomic E-state index is 0.607. The molecule has 0 aromatic rings. The van der Waals surface area contributed by atoms with Gasteiger partial charge in [-0.3, -0.25) is 4.90 Å². The van der Waals surface area contributed by atoms with Gasteiger partial charge in [0.15, 0.2) is 0 Å². The highest BCUT2D eigenvalue weighted by Crippen LogP contribution is 2.60. The monoisotopic (exact) mass is 165 g/mol. The maximum Gasteiger partial charge on any atom is 0.0190 e. The van der Waals surface area contributed by atoms with Crippen molar-refractivity contribution in [2.24, 2.45) is 5.41 Å². The van der Waals surface area contributed by atoms with Gasteiger partial charge in [0.05, 0.1) is 0 Å². The van der Waals surface area contributed by atoms with Crippen LogP contribution in [-0.2, 0) is 0 Å². The van der Waals surface area contributed by atoms with Crippen LogP contribution in [0.15, 0.2) is 0 Å². The fourth-order valence-corrected chi connectivity index (χ4v) is 4.27. The highest BCUT2D eigenvalue weighted by molar-refractivity contribution is 5.15. The van der Waals surface area contributed by atoms with E-state index < -0.39 is 0 Å². The van der Waals surface area contributed by atoms with E-state index in [1.165, 1.54) is 38.6 Å². The molecule has 3 rings (SSSR count). The highest BCUT2D eigenvalue weighted by atomic mass is 15.3. The zero-order valence-electron chi connectivity index (χ0n) is 8.27. The number of rotatable bonds is 0. The van der Waals surface area contributed by atoms with E-state index in [1.807, 2.05) is 0 Å². The lowest BCUT2D eigenvalue weighted by atomic mass is 9.81.